The van der Waals surface area contributed by atoms with Crippen molar-refractivity contribution in [1.29, 1.82) is 0 Å². The quantitative estimate of drug-likeness (QED) is 0.265. The van der Waals surface area contributed by atoms with Crippen molar-refractivity contribution >= 4 is 0 Å². The minimum atomic E-state index is 0.670. The molecule has 13 rings (SSSR count). The van der Waals surface area contributed by atoms with Gasteiger partial charge in [0.05, 0.1) is 0 Å². The van der Waals surface area contributed by atoms with Gasteiger partial charge in [-0.05, 0) is 282 Å². The number of fused-ring (bicyclic) bond motifs is 17. The molecular formula is C65H100. The molecule has 0 saturated heterocycles. The standard InChI is InChI=1S/C25H40.C20H32.C20H28/c1-16(2)18-8-10-21-19(15-18)9-12-25-23(21)14-13-22-20-6-4-3-5-17(20)7-11-24(22)25;2*1-13(2)15-7-9-18-16(12-15)8-11-19-17-5-3-4-14(17)6-10-20(18)19/h13,16-21,23-25H,3-12,14-15H2,1-2H3;12-15,17-20H,3-11H2,1-2H3;7,9,12-14,17,19-20H,3-6,8,10-11H2,1-2H3. The van der Waals surface area contributed by atoms with Crippen LogP contribution >= 0.6 is 0 Å². The first kappa shape index (κ1) is 46.1. The van der Waals surface area contributed by atoms with E-state index in [9.17, 15) is 0 Å². The summed E-state index contributed by atoms with van der Waals surface area (Å²) in [6.07, 6.45) is 48.3. The summed E-state index contributed by atoms with van der Waals surface area (Å²) in [6.45, 7) is 14.4. The average molecular weight is 882 g/mol. The van der Waals surface area contributed by atoms with Crippen molar-refractivity contribution in [2.24, 2.45) is 112 Å². The van der Waals surface area contributed by atoms with E-state index in [4.69, 9.17) is 0 Å². The van der Waals surface area contributed by atoms with Crippen LogP contribution < -0.4 is 0 Å². The second-order valence-electron chi connectivity index (χ2n) is 27.4. The molecule has 0 bridgehead atoms. The number of hydrogen-bond acceptors (Lipinski definition) is 0. The Kier molecular flexibility index (Phi) is 14.1. The number of benzene rings is 1. The SMILES string of the molecule is CC(C)C1C=C2CCC3C4CCCC4CCC3C2CC1.CC(C)C1CCC2C(CCC3C4CCC5CCCCC5C4=CCC23)C1.CC(C)c1ccc2c(c1)CCC1C2CCC2CCCC21. The Bertz CT molecular complexity index is 1820. The molecular weight excluding hydrogens is 781 g/mol. The summed E-state index contributed by atoms with van der Waals surface area (Å²) in [5, 5.41) is 0. The number of allylic oxidation sites excluding steroid dienone is 4. The van der Waals surface area contributed by atoms with Crippen LogP contribution in [-0.4, -0.2) is 0 Å². The molecule has 12 aliphatic carbocycles. The zero-order chi connectivity index (χ0) is 44.3. The highest BCUT2D eigenvalue weighted by Gasteiger charge is 2.51. The lowest BCUT2D eigenvalue weighted by Gasteiger charge is -2.55. The molecule has 0 radical (unpaired) electrons. The van der Waals surface area contributed by atoms with Gasteiger partial charge in [0.2, 0.25) is 0 Å². The third-order valence-corrected chi connectivity index (χ3v) is 23.9. The van der Waals surface area contributed by atoms with E-state index in [1.807, 2.05) is 11.1 Å². The molecule has 0 nitrogen and oxygen atoms in total. The van der Waals surface area contributed by atoms with Gasteiger partial charge in [-0.15, -0.1) is 0 Å². The summed E-state index contributed by atoms with van der Waals surface area (Å²) in [5.41, 5.74) is 8.85. The Labute approximate surface area is 402 Å². The first-order valence-electron chi connectivity index (χ1n) is 30.2. The third-order valence-electron chi connectivity index (χ3n) is 23.9. The van der Waals surface area contributed by atoms with Crippen molar-refractivity contribution in [2.75, 3.05) is 0 Å². The Morgan fingerprint density at radius 3 is 1.85 bits per heavy atom. The van der Waals surface area contributed by atoms with E-state index < -0.39 is 0 Å². The summed E-state index contributed by atoms with van der Waals surface area (Å²) in [6, 6.07) is 7.43. The normalized spacial score (nSPS) is 44.6. The van der Waals surface area contributed by atoms with Gasteiger partial charge in [-0.2, -0.15) is 0 Å². The maximum absolute atomic E-state index is 2.82. The van der Waals surface area contributed by atoms with Crippen LogP contribution in [0.15, 0.2) is 41.5 Å². The van der Waals surface area contributed by atoms with Crippen molar-refractivity contribution in [3.05, 3.63) is 58.2 Å². The minimum Gasteiger partial charge on any atom is -0.0845 e. The Morgan fingerprint density at radius 1 is 0.431 bits per heavy atom. The maximum Gasteiger partial charge on any atom is -0.0128 e. The monoisotopic (exact) mass is 881 g/mol. The Balaban J connectivity index is 0.000000109. The van der Waals surface area contributed by atoms with Gasteiger partial charge in [0.25, 0.3) is 0 Å². The number of hydrogen-bond donors (Lipinski definition) is 0. The molecule has 18 unspecified atom stereocenters. The fourth-order valence-electron chi connectivity index (χ4n) is 20.6. The van der Waals surface area contributed by atoms with Crippen molar-refractivity contribution < 1.29 is 0 Å². The molecule has 360 valence electrons. The van der Waals surface area contributed by atoms with E-state index in [2.05, 4.69) is 71.9 Å². The number of aryl methyl sites for hydroxylation is 1. The zero-order valence-corrected chi connectivity index (χ0v) is 43.3. The Morgan fingerprint density at radius 2 is 1.06 bits per heavy atom. The average Bonchev–Trinajstić information content (AvgIpc) is 4.04. The highest BCUT2D eigenvalue weighted by Crippen LogP contribution is 2.61. The zero-order valence-electron chi connectivity index (χ0n) is 43.3. The van der Waals surface area contributed by atoms with Gasteiger partial charge in [-0.3, -0.25) is 0 Å². The molecule has 9 fully saturated rings. The molecule has 0 aromatic heterocycles. The molecule has 9 saturated carbocycles. The van der Waals surface area contributed by atoms with Gasteiger partial charge in [0, 0.05) is 0 Å². The first-order valence-corrected chi connectivity index (χ1v) is 30.2. The van der Waals surface area contributed by atoms with Crippen molar-refractivity contribution in [2.45, 2.75) is 233 Å². The Hall–Kier alpha value is -1.30. The molecule has 0 aliphatic heterocycles. The fraction of sp³-hybridized carbons (Fsp3) is 0.846. The molecule has 12 aliphatic rings. The molecule has 65 heavy (non-hydrogen) atoms. The predicted molar refractivity (Wildman–Crippen MR) is 277 cm³/mol. The van der Waals surface area contributed by atoms with E-state index >= 15 is 0 Å². The van der Waals surface area contributed by atoms with Gasteiger partial charge in [-0.25, -0.2) is 0 Å². The molecule has 0 N–H and O–H groups in total. The maximum atomic E-state index is 2.82. The minimum absolute atomic E-state index is 0.670. The van der Waals surface area contributed by atoms with E-state index in [1.165, 1.54) is 102 Å². The molecule has 1 aromatic carbocycles. The largest absolute Gasteiger partial charge is 0.0845 e. The highest BCUT2D eigenvalue weighted by atomic mass is 14.6. The third kappa shape index (κ3) is 9.06. The highest BCUT2D eigenvalue weighted by molar-refractivity contribution is 5.39. The van der Waals surface area contributed by atoms with Crippen molar-refractivity contribution in [1.82, 2.24) is 0 Å². The van der Waals surface area contributed by atoms with E-state index in [0.717, 1.165) is 118 Å². The van der Waals surface area contributed by atoms with Gasteiger partial charge in [-0.1, -0.05) is 122 Å². The fourth-order valence-corrected chi connectivity index (χ4v) is 20.6. The first-order chi connectivity index (χ1) is 31.7. The lowest BCUT2D eigenvalue weighted by Crippen LogP contribution is -2.46. The van der Waals surface area contributed by atoms with Gasteiger partial charge in [0.1, 0.15) is 0 Å². The van der Waals surface area contributed by atoms with Gasteiger partial charge >= 0.3 is 0 Å². The molecule has 0 heteroatoms. The van der Waals surface area contributed by atoms with E-state index in [0.29, 0.717) is 5.92 Å². The predicted octanol–water partition coefficient (Wildman–Crippen LogP) is 18.7. The van der Waals surface area contributed by atoms with E-state index in [1.54, 1.807) is 94.6 Å². The second-order valence-corrected chi connectivity index (χ2v) is 27.4. The van der Waals surface area contributed by atoms with Crippen LogP contribution in [0.3, 0.4) is 0 Å². The molecule has 0 heterocycles. The molecule has 18 atom stereocenters. The van der Waals surface area contributed by atoms with Crippen LogP contribution in [-0.2, 0) is 6.42 Å². The van der Waals surface area contributed by atoms with Crippen LogP contribution in [0.2, 0.25) is 0 Å². The molecule has 0 amide bonds. The summed E-state index contributed by atoms with van der Waals surface area (Å²) >= 11 is 0. The van der Waals surface area contributed by atoms with Crippen LogP contribution in [0.5, 0.6) is 0 Å². The molecule has 0 spiro atoms. The topological polar surface area (TPSA) is 0 Å². The lowest BCUT2D eigenvalue weighted by atomic mass is 9.50. The number of rotatable bonds is 3. The second kappa shape index (κ2) is 19.8. The smallest absolute Gasteiger partial charge is 0.0128 e. The summed E-state index contributed by atoms with van der Waals surface area (Å²) in [5.74, 6) is 21.4. The summed E-state index contributed by atoms with van der Waals surface area (Å²) < 4.78 is 0. The van der Waals surface area contributed by atoms with Crippen LogP contribution in [0.4, 0.5) is 0 Å². The summed E-state index contributed by atoms with van der Waals surface area (Å²) in [4.78, 5) is 0. The van der Waals surface area contributed by atoms with Crippen molar-refractivity contribution in [3.63, 3.8) is 0 Å². The van der Waals surface area contributed by atoms with Crippen LogP contribution in [0.25, 0.3) is 0 Å². The van der Waals surface area contributed by atoms with Crippen LogP contribution in [0.1, 0.15) is 243 Å². The summed E-state index contributed by atoms with van der Waals surface area (Å²) in [7, 11) is 0. The molecule has 1 aromatic rings. The van der Waals surface area contributed by atoms with E-state index in [-0.39, 0.29) is 0 Å². The lowest BCUT2D eigenvalue weighted by molar-refractivity contribution is -0.00800. The van der Waals surface area contributed by atoms with Gasteiger partial charge in [0.15, 0.2) is 0 Å². The van der Waals surface area contributed by atoms with Gasteiger partial charge < -0.3 is 0 Å². The van der Waals surface area contributed by atoms with Crippen molar-refractivity contribution in [3.8, 4) is 0 Å². The van der Waals surface area contributed by atoms with Crippen LogP contribution in [0, 0.1) is 112 Å².